The molecule has 0 amide bonds. The number of hydrogen-bond donors (Lipinski definition) is 1. The lowest BCUT2D eigenvalue weighted by atomic mass is 10.3. The maximum absolute atomic E-state index is 12.5. The number of benzene rings is 2. The van der Waals surface area contributed by atoms with Crippen molar-refractivity contribution in [2.75, 3.05) is 33.5 Å². The van der Waals surface area contributed by atoms with E-state index in [1.165, 1.54) is 57.1 Å². The molecule has 11 nitrogen and oxygen atoms in total. The first-order chi connectivity index (χ1) is 16.0. The molecule has 2 heterocycles. The van der Waals surface area contributed by atoms with Gasteiger partial charge in [-0.2, -0.15) is 10.1 Å². The second kappa shape index (κ2) is 8.76. The van der Waals surface area contributed by atoms with Crippen molar-refractivity contribution < 1.29 is 16.8 Å². The first kappa shape index (κ1) is 23.8. The van der Waals surface area contributed by atoms with Crippen molar-refractivity contribution >= 4 is 42.7 Å². The molecule has 0 aliphatic rings. The molecular weight excluding hydrogens is 478 g/mol. The minimum Gasteiger partial charge on any atom is -0.324 e. The second-order valence-electron chi connectivity index (χ2n) is 7.75. The molecule has 0 radical (unpaired) electrons. The molecule has 0 atom stereocenters. The smallest absolute Gasteiger partial charge is 0.242 e. The van der Waals surface area contributed by atoms with Crippen molar-refractivity contribution in [1.29, 1.82) is 0 Å². The largest absolute Gasteiger partial charge is 0.324 e. The van der Waals surface area contributed by atoms with E-state index in [0.29, 0.717) is 22.4 Å². The Morgan fingerprint density at radius 3 is 2.09 bits per heavy atom. The summed E-state index contributed by atoms with van der Waals surface area (Å²) >= 11 is 0. The van der Waals surface area contributed by atoms with E-state index < -0.39 is 20.0 Å². The third kappa shape index (κ3) is 4.37. The fourth-order valence-corrected chi connectivity index (χ4v) is 5.02. The molecule has 4 aromatic rings. The zero-order chi connectivity index (χ0) is 24.7. The Kier molecular flexibility index (Phi) is 6.12. The van der Waals surface area contributed by atoms with Gasteiger partial charge in [0.1, 0.15) is 0 Å². The monoisotopic (exact) mass is 501 g/mol. The molecule has 1 N–H and O–H groups in total. The second-order valence-corrected chi connectivity index (χ2v) is 12.1. The minimum atomic E-state index is -3.62. The molecule has 0 saturated heterocycles. The Balaban J connectivity index is 1.72. The average Bonchev–Trinajstić information content (AvgIpc) is 3.22. The van der Waals surface area contributed by atoms with E-state index >= 15 is 0 Å². The Morgan fingerprint density at radius 2 is 1.44 bits per heavy atom. The van der Waals surface area contributed by atoms with Crippen LogP contribution < -0.4 is 5.32 Å². The molecule has 0 fully saturated rings. The summed E-state index contributed by atoms with van der Waals surface area (Å²) in [5.74, 6) is 0.228. The van der Waals surface area contributed by atoms with Crippen molar-refractivity contribution in [3.8, 4) is 5.69 Å². The third-order valence-electron chi connectivity index (χ3n) is 5.02. The van der Waals surface area contributed by atoms with Gasteiger partial charge in [0.25, 0.3) is 0 Å². The molecule has 0 aliphatic heterocycles. The van der Waals surface area contributed by atoms with Crippen LogP contribution in [0.2, 0.25) is 0 Å². The van der Waals surface area contributed by atoms with E-state index in [1.54, 1.807) is 36.7 Å². The number of nitrogens with one attached hydrogen (secondary N) is 1. The van der Waals surface area contributed by atoms with E-state index in [4.69, 9.17) is 0 Å². The van der Waals surface area contributed by atoms with Gasteiger partial charge in [0, 0.05) is 40.1 Å². The minimum absolute atomic E-state index is 0.130. The van der Waals surface area contributed by atoms with E-state index in [0.717, 1.165) is 8.61 Å². The molecule has 0 unspecified atom stereocenters. The standard InChI is InChI=1S/C21H23N7O4S2/c1-26(2)33(29,30)18-9-5-7-16(11-18)24-21-22-13-15-14-23-28(20(15)25-21)17-8-6-10-19(12-17)34(31,32)27(3)4/h5-14H,1-4H3,(H,22,24,25). The van der Waals surface area contributed by atoms with E-state index in [1.807, 2.05) is 0 Å². The van der Waals surface area contributed by atoms with Gasteiger partial charge in [-0.05, 0) is 36.4 Å². The molecule has 0 saturated carbocycles. The topological polar surface area (TPSA) is 130 Å². The van der Waals surface area contributed by atoms with Gasteiger partial charge in [0.2, 0.25) is 26.0 Å². The van der Waals surface area contributed by atoms with E-state index in [9.17, 15) is 16.8 Å². The number of rotatable bonds is 7. The maximum atomic E-state index is 12.5. The van der Waals surface area contributed by atoms with Crippen LogP contribution in [0.1, 0.15) is 0 Å². The summed E-state index contributed by atoms with van der Waals surface area (Å²) in [4.78, 5) is 9.06. The van der Waals surface area contributed by atoms with Crippen LogP contribution in [-0.2, 0) is 20.0 Å². The predicted octanol–water partition coefficient (Wildman–Crippen LogP) is 2.06. The van der Waals surface area contributed by atoms with E-state index in [-0.39, 0.29) is 15.7 Å². The Hall–Kier alpha value is -3.39. The Labute approximate surface area is 197 Å². The van der Waals surface area contributed by atoms with Crippen molar-refractivity contribution in [1.82, 2.24) is 28.4 Å². The zero-order valence-electron chi connectivity index (χ0n) is 18.9. The number of aromatic nitrogens is 4. The van der Waals surface area contributed by atoms with Crippen LogP contribution in [0.4, 0.5) is 11.6 Å². The average molecular weight is 502 g/mol. The van der Waals surface area contributed by atoms with Crippen molar-refractivity contribution in [2.24, 2.45) is 0 Å². The lowest BCUT2D eigenvalue weighted by Crippen LogP contribution is -2.22. The highest BCUT2D eigenvalue weighted by atomic mass is 32.2. The van der Waals surface area contributed by atoms with Gasteiger partial charge in [0.15, 0.2) is 5.65 Å². The van der Waals surface area contributed by atoms with Crippen LogP contribution in [0.15, 0.2) is 70.7 Å². The van der Waals surface area contributed by atoms with Gasteiger partial charge in [-0.25, -0.2) is 35.1 Å². The normalized spacial score (nSPS) is 12.5. The lowest BCUT2D eigenvalue weighted by molar-refractivity contribution is 0.519. The molecule has 13 heteroatoms. The first-order valence-electron chi connectivity index (χ1n) is 10.0. The summed E-state index contributed by atoms with van der Waals surface area (Å²) in [5, 5.41) is 8.01. The molecule has 2 aromatic carbocycles. The molecule has 178 valence electrons. The van der Waals surface area contributed by atoms with Crippen molar-refractivity contribution in [3.63, 3.8) is 0 Å². The van der Waals surface area contributed by atoms with Crippen LogP contribution in [0.25, 0.3) is 16.7 Å². The number of sulfonamides is 2. The Bertz CT molecular complexity index is 1580. The van der Waals surface area contributed by atoms with Crippen LogP contribution in [-0.4, -0.2) is 73.4 Å². The highest BCUT2D eigenvalue weighted by molar-refractivity contribution is 7.89. The van der Waals surface area contributed by atoms with Crippen LogP contribution >= 0.6 is 0 Å². The summed E-state index contributed by atoms with van der Waals surface area (Å²) in [5.41, 5.74) is 1.46. The quantitative estimate of drug-likeness (QED) is 0.407. The third-order valence-corrected chi connectivity index (χ3v) is 8.64. The van der Waals surface area contributed by atoms with Crippen molar-refractivity contribution in [3.05, 3.63) is 60.9 Å². The summed E-state index contributed by atoms with van der Waals surface area (Å²) in [7, 11) is -1.35. The van der Waals surface area contributed by atoms with Gasteiger partial charge in [0.05, 0.1) is 27.1 Å². The number of nitrogens with zero attached hydrogens (tertiary/aromatic N) is 6. The van der Waals surface area contributed by atoms with Crippen LogP contribution in [0.5, 0.6) is 0 Å². The van der Waals surface area contributed by atoms with Crippen molar-refractivity contribution in [2.45, 2.75) is 9.79 Å². The molecule has 0 aliphatic carbocycles. The van der Waals surface area contributed by atoms with Gasteiger partial charge < -0.3 is 5.32 Å². The number of hydrogen-bond acceptors (Lipinski definition) is 8. The highest BCUT2D eigenvalue weighted by Crippen LogP contribution is 2.23. The van der Waals surface area contributed by atoms with Crippen LogP contribution in [0, 0.1) is 0 Å². The SMILES string of the molecule is CN(C)S(=O)(=O)c1cccc(Nc2ncc3cnn(-c4cccc(S(=O)(=O)N(C)C)c4)c3n2)c1. The molecular formula is C21H23N7O4S2. The Morgan fingerprint density at radius 1 is 0.824 bits per heavy atom. The van der Waals surface area contributed by atoms with Gasteiger partial charge >= 0.3 is 0 Å². The summed E-state index contributed by atoms with van der Waals surface area (Å²) in [6.45, 7) is 0. The molecule has 0 spiro atoms. The first-order valence-corrected chi connectivity index (χ1v) is 12.9. The van der Waals surface area contributed by atoms with Crippen LogP contribution in [0.3, 0.4) is 0 Å². The van der Waals surface area contributed by atoms with Gasteiger partial charge in [-0.3, -0.25) is 0 Å². The molecule has 0 bridgehead atoms. The summed E-state index contributed by atoms with van der Waals surface area (Å²) < 4.78 is 53.7. The summed E-state index contributed by atoms with van der Waals surface area (Å²) in [6.07, 6.45) is 3.16. The zero-order valence-corrected chi connectivity index (χ0v) is 20.5. The lowest BCUT2D eigenvalue weighted by Gasteiger charge is -2.13. The fourth-order valence-electron chi connectivity index (χ4n) is 3.13. The molecule has 4 rings (SSSR count). The number of fused-ring (bicyclic) bond motifs is 1. The summed E-state index contributed by atoms with van der Waals surface area (Å²) in [6, 6.07) is 12.7. The predicted molar refractivity (Wildman–Crippen MR) is 128 cm³/mol. The molecule has 34 heavy (non-hydrogen) atoms. The van der Waals surface area contributed by atoms with E-state index in [2.05, 4.69) is 20.4 Å². The maximum Gasteiger partial charge on any atom is 0.242 e. The van der Waals surface area contributed by atoms with Gasteiger partial charge in [-0.15, -0.1) is 0 Å². The highest BCUT2D eigenvalue weighted by Gasteiger charge is 2.19. The van der Waals surface area contributed by atoms with Gasteiger partial charge in [-0.1, -0.05) is 12.1 Å². The molecule has 2 aromatic heterocycles. The fraction of sp³-hybridized carbons (Fsp3) is 0.190. The number of anilines is 2.